The summed E-state index contributed by atoms with van der Waals surface area (Å²) < 4.78 is 5.41. The van der Waals surface area contributed by atoms with Crippen molar-refractivity contribution in [3.63, 3.8) is 0 Å². The summed E-state index contributed by atoms with van der Waals surface area (Å²) in [5.41, 5.74) is 1.98. The number of carbonyl (C=O) groups is 4. The van der Waals surface area contributed by atoms with Crippen molar-refractivity contribution in [3.05, 3.63) is 48.0 Å². The Kier molecular flexibility index (Phi) is 5.09. The minimum Gasteiger partial charge on any atom is -0.481 e. The van der Waals surface area contributed by atoms with E-state index in [1.54, 1.807) is 49.5 Å². The summed E-state index contributed by atoms with van der Waals surface area (Å²) in [6, 6.07) is 10.9. The standard InChI is InChI=1S/C21H20N4O5/c1-25-16-8-6-12(10-17(16)30-11-19(25)27)22-18(26)9-7-15-21(29)23-14-5-3-2-4-13(14)20(28)24-15/h2-6,8,10,15H,7,9,11H2,1H3,(H,22,26)(H,23,29)(H,24,28)/t15-/m1/s1. The SMILES string of the molecule is CN1C(=O)COc2cc(NC(=O)CC[C@H]3NC(=O)c4ccccc4NC3=O)ccc21. The molecule has 1 atom stereocenters. The summed E-state index contributed by atoms with van der Waals surface area (Å²) in [6.45, 7) is -0.0558. The lowest BCUT2D eigenvalue weighted by molar-refractivity contribution is -0.121. The molecule has 2 aliphatic heterocycles. The van der Waals surface area contributed by atoms with Gasteiger partial charge < -0.3 is 25.6 Å². The predicted molar refractivity (Wildman–Crippen MR) is 110 cm³/mol. The van der Waals surface area contributed by atoms with Crippen LogP contribution in [0, 0.1) is 0 Å². The van der Waals surface area contributed by atoms with Crippen LogP contribution in [0.2, 0.25) is 0 Å². The second kappa shape index (κ2) is 7.86. The minimum atomic E-state index is -0.817. The molecule has 0 aliphatic carbocycles. The van der Waals surface area contributed by atoms with Crippen molar-refractivity contribution >= 4 is 40.7 Å². The van der Waals surface area contributed by atoms with E-state index in [0.717, 1.165) is 0 Å². The molecule has 154 valence electrons. The molecule has 9 nitrogen and oxygen atoms in total. The fourth-order valence-corrected chi connectivity index (χ4v) is 3.37. The predicted octanol–water partition coefficient (Wildman–Crippen LogP) is 1.51. The molecule has 0 fully saturated rings. The zero-order valence-corrected chi connectivity index (χ0v) is 16.2. The molecule has 30 heavy (non-hydrogen) atoms. The van der Waals surface area contributed by atoms with E-state index in [4.69, 9.17) is 4.74 Å². The molecular weight excluding hydrogens is 388 g/mol. The normalized spacial score (nSPS) is 17.7. The maximum atomic E-state index is 12.4. The van der Waals surface area contributed by atoms with Crippen molar-refractivity contribution in [1.82, 2.24) is 5.32 Å². The summed E-state index contributed by atoms with van der Waals surface area (Å²) in [6.07, 6.45) is 0.182. The first kappa shape index (κ1) is 19.4. The van der Waals surface area contributed by atoms with Crippen LogP contribution in [0.1, 0.15) is 23.2 Å². The lowest BCUT2D eigenvalue weighted by atomic mass is 10.1. The van der Waals surface area contributed by atoms with Crippen molar-refractivity contribution < 1.29 is 23.9 Å². The molecule has 2 aromatic carbocycles. The first-order valence-corrected chi connectivity index (χ1v) is 9.46. The molecule has 4 amide bonds. The van der Waals surface area contributed by atoms with Gasteiger partial charge in [0.25, 0.3) is 11.8 Å². The number of para-hydroxylation sites is 1. The van der Waals surface area contributed by atoms with Crippen molar-refractivity contribution in [1.29, 1.82) is 0 Å². The van der Waals surface area contributed by atoms with Crippen LogP contribution in [0.3, 0.4) is 0 Å². The molecule has 0 unspecified atom stereocenters. The van der Waals surface area contributed by atoms with Gasteiger partial charge in [-0.05, 0) is 30.7 Å². The fourth-order valence-electron chi connectivity index (χ4n) is 3.37. The number of hydrogen-bond acceptors (Lipinski definition) is 5. The van der Waals surface area contributed by atoms with Crippen molar-refractivity contribution in [2.45, 2.75) is 18.9 Å². The third-order valence-electron chi connectivity index (χ3n) is 5.04. The maximum absolute atomic E-state index is 12.4. The third kappa shape index (κ3) is 3.82. The van der Waals surface area contributed by atoms with Gasteiger partial charge in [0, 0.05) is 25.2 Å². The lowest BCUT2D eigenvalue weighted by Crippen LogP contribution is -2.41. The molecule has 2 aromatic rings. The largest absolute Gasteiger partial charge is 0.481 e. The van der Waals surface area contributed by atoms with Crippen LogP contribution in [-0.4, -0.2) is 43.3 Å². The van der Waals surface area contributed by atoms with Crippen LogP contribution in [0.15, 0.2) is 42.5 Å². The van der Waals surface area contributed by atoms with Gasteiger partial charge in [0.15, 0.2) is 6.61 Å². The highest BCUT2D eigenvalue weighted by Crippen LogP contribution is 2.33. The number of carbonyl (C=O) groups excluding carboxylic acids is 4. The maximum Gasteiger partial charge on any atom is 0.264 e. The highest BCUT2D eigenvalue weighted by Gasteiger charge is 2.28. The van der Waals surface area contributed by atoms with Gasteiger partial charge in [0.2, 0.25) is 11.8 Å². The number of anilines is 3. The van der Waals surface area contributed by atoms with Crippen molar-refractivity contribution in [2.75, 3.05) is 29.2 Å². The van der Waals surface area contributed by atoms with Crippen LogP contribution in [-0.2, 0) is 14.4 Å². The molecule has 9 heteroatoms. The average molecular weight is 408 g/mol. The Bertz CT molecular complexity index is 1050. The Hall–Kier alpha value is -3.88. The monoisotopic (exact) mass is 408 g/mol. The molecule has 2 aliphatic rings. The zero-order valence-electron chi connectivity index (χ0n) is 16.2. The highest BCUT2D eigenvalue weighted by atomic mass is 16.5. The molecule has 2 heterocycles. The summed E-state index contributed by atoms with van der Waals surface area (Å²) in [4.78, 5) is 50.3. The third-order valence-corrected chi connectivity index (χ3v) is 5.04. The minimum absolute atomic E-state index is 0.0328. The van der Waals surface area contributed by atoms with Crippen LogP contribution < -0.4 is 25.6 Å². The molecule has 0 bridgehead atoms. The molecule has 0 aromatic heterocycles. The van der Waals surface area contributed by atoms with Gasteiger partial charge in [-0.2, -0.15) is 0 Å². The smallest absolute Gasteiger partial charge is 0.264 e. The first-order valence-electron chi connectivity index (χ1n) is 9.46. The van der Waals surface area contributed by atoms with E-state index in [2.05, 4.69) is 16.0 Å². The molecule has 0 saturated heterocycles. The fraction of sp³-hybridized carbons (Fsp3) is 0.238. The van der Waals surface area contributed by atoms with E-state index in [-0.39, 0.29) is 43.1 Å². The van der Waals surface area contributed by atoms with E-state index >= 15 is 0 Å². The number of hydrogen-bond donors (Lipinski definition) is 3. The number of nitrogens with zero attached hydrogens (tertiary/aromatic N) is 1. The number of fused-ring (bicyclic) bond motifs is 2. The second-order valence-corrected chi connectivity index (χ2v) is 7.07. The van der Waals surface area contributed by atoms with Crippen LogP contribution in [0.5, 0.6) is 5.75 Å². The van der Waals surface area contributed by atoms with E-state index in [1.165, 1.54) is 4.90 Å². The summed E-state index contributed by atoms with van der Waals surface area (Å²) in [5.74, 6) is -0.678. The van der Waals surface area contributed by atoms with Gasteiger partial charge >= 0.3 is 0 Å². The van der Waals surface area contributed by atoms with Crippen LogP contribution in [0.25, 0.3) is 0 Å². The van der Waals surface area contributed by atoms with Gasteiger partial charge in [-0.25, -0.2) is 0 Å². The molecule has 0 radical (unpaired) electrons. The van der Waals surface area contributed by atoms with Gasteiger partial charge in [0.05, 0.1) is 16.9 Å². The molecular formula is C21H20N4O5. The Labute approximate surface area is 172 Å². The lowest BCUT2D eigenvalue weighted by Gasteiger charge is -2.26. The van der Waals surface area contributed by atoms with Crippen molar-refractivity contribution in [2.24, 2.45) is 0 Å². The zero-order chi connectivity index (χ0) is 21.3. The summed E-state index contributed by atoms with van der Waals surface area (Å²) in [5, 5.41) is 8.13. The van der Waals surface area contributed by atoms with E-state index in [9.17, 15) is 19.2 Å². The summed E-state index contributed by atoms with van der Waals surface area (Å²) >= 11 is 0. The van der Waals surface area contributed by atoms with Gasteiger partial charge in [-0.3, -0.25) is 19.2 Å². The average Bonchev–Trinajstić information content (AvgIpc) is 2.85. The molecule has 4 rings (SSSR count). The molecule has 3 N–H and O–H groups in total. The number of likely N-dealkylation sites (N-methyl/N-ethyl adjacent to an activating group) is 1. The van der Waals surface area contributed by atoms with Gasteiger partial charge in [-0.15, -0.1) is 0 Å². The molecule has 0 spiro atoms. The van der Waals surface area contributed by atoms with E-state index in [0.29, 0.717) is 28.4 Å². The van der Waals surface area contributed by atoms with Gasteiger partial charge in [0.1, 0.15) is 11.8 Å². The Morgan fingerprint density at radius 1 is 1.20 bits per heavy atom. The number of ether oxygens (including phenoxy) is 1. The van der Waals surface area contributed by atoms with Crippen LogP contribution >= 0.6 is 0 Å². The quantitative estimate of drug-likeness (QED) is 0.709. The number of rotatable bonds is 4. The highest BCUT2D eigenvalue weighted by molar-refractivity contribution is 6.10. The number of benzene rings is 2. The Morgan fingerprint density at radius 3 is 2.83 bits per heavy atom. The van der Waals surface area contributed by atoms with E-state index in [1.807, 2.05) is 0 Å². The Balaban J connectivity index is 1.37. The molecule has 0 saturated carbocycles. The first-order chi connectivity index (χ1) is 14.4. The number of amides is 4. The van der Waals surface area contributed by atoms with Crippen LogP contribution in [0.4, 0.5) is 17.1 Å². The van der Waals surface area contributed by atoms with Crippen molar-refractivity contribution in [3.8, 4) is 5.75 Å². The van der Waals surface area contributed by atoms with Gasteiger partial charge in [-0.1, -0.05) is 12.1 Å². The Morgan fingerprint density at radius 2 is 2.00 bits per heavy atom. The topological polar surface area (TPSA) is 117 Å². The number of nitrogens with one attached hydrogen (secondary N) is 3. The second-order valence-electron chi connectivity index (χ2n) is 7.07. The van der Waals surface area contributed by atoms with E-state index < -0.39 is 6.04 Å². The summed E-state index contributed by atoms with van der Waals surface area (Å²) in [7, 11) is 1.66.